The second-order valence-electron chi connectivity index (χ2n) is 7.88. The number of Topliss-reactive ketones (excluding diaryl/α,β-unsaturated/α-hetero) is 1. The van der Waals surface area contributed by atoms with Crippen molar-refractivity contribution in [3.63, 3.8) is 0 Å². The molecule has 31 heavy (non-hydrogen) atoms. The number of likely N-dealkylation sites (tertiary alicyclic amines) is 1. The van der Waals surface area contributed by atoms with E-state index in [1.807, 2.05) is 6.92 Å². The molecule has 0 radical (unpaired) electrons. The third-order valence-electron chi connectivity index (χ3n) is 5.78. The molecule has 2 aromatic carbocycles. The molecule has 8 nitrogen and oxygen atoms in total. The smallest absolute Gasteiger partial charge is 0.310 e. The van der Waals surface area contributed by atoms with Crippen molar-refractivity contribution < 1.29 is 24.0 Å². The van der Waals surface area contributed by atoms with E-state index in [9.17, 15) is 19.7 Å². The molecule has 0 bridgehead atoms. The number of halogens is 1. The average Bonchev–Trinajstić information content (AvgIpc) is 2.74. The van der Waals surface area contributed by atoms with Crippen LogP contribution in [0.4, 0.5) is 5.69 Å². The number of fused-ring (bicyclic) bond motifs is 1. The molecule has 1 spiro atoms. The van der Waals surface area contributed by atoms with Crippen LogP contribution in [0.5, 0.6) is 11.5 Å². The number of nitro benzene ring substituents is 1. The van der Waals surface area contributed by atoms with Crippen LogP contribution in [0.3, 0.4) is 0 Å². The third-order valence-corrected chi connectivity index (χ3v) is 6.00. The normalized spacial score (nSPS) is 17.1. The first-order valence-corrected chi connectivity index (χ1v) is 10.3. The summed E-state index contributed by atoms with van der Waals surface area (Å²) in [6, 6.07) is 9.35. The second-order valence-corrected chi connectivity index (χ2v) is 8.32. The fraction of sp³-hybridized carbons (Fsp3) is 0.364. The number of aryl methyl sites for hydroxylation is 1. The lowest BCUT2D eigenvalue weighted by atomic mass is 9.82. The first kappa shape index (κ1) is 21.1. The van der Waals surface area contributed by atoms with Gasteiger partial charge in [-0.1, -0.05) is 23.7 Å². The topological polar surface area (TPSA) is 99.0 Å². The molecule has 0 aliphatic carbocycles. The largest absolute Gasteiger partial charge is 0.486 e. The lowest BCUT2D eigenvalue weighted by molar-refractivity contribution is -0.385. The van der Waals surface area contributed by atoms with Crippen molar-refractivity contribution >= 4 is 29.0 Å². The summed E-state index contributed by atoms with van der Waals surface area (Å²) in [7, 11) is 0. The van der Waals surface area contributed by atoms with Gasteiger partial charge in [0.2, 0.25) is 0 Å². The summed E-state index contributed by atoms with van der Waals surface area (Å²) in [4.78, 5) is 37.5. The Morgan fingerprint density at radius 2 is 2.00 bits per heavy atom. The highest BCUT2D eigenvalue weighted by Gasteiger charge is 2.44. The molecule has 2 aliphatic rings. The average molecular weight is 445 g/mol. The van der Waals surface area contributed by atoms with Crippen LogP contribution >= 0.6 is 11.6 Å². The summed E-state index contributed by atoms with van der Waals surface area (Å²) in [5.41, 5.74) is 0.493. The Morgan fingerprint density at radius 1 is 1.29 bits per heavy atom. The molecule has 0 unspecified atom stereocenters. The summed E-state index contributed by atoms with van der Waals surface area (Å²) in [5.74, 6) is 0.353. The summed E-state index contributed by atoms with van der Waals surface area (Å²) in [6.45, 7) is 2.39. The van der Waals surface area contributed by atoms with Crippen LogP contribution in [0.15, 0.2) is 36.4 Å². The Kier molecular flexibility index (Phi) is 5.58. The molecule has 0 atom stereocenters. The zero-order chi connectivity index (χ0) is 22.2. The first-order valence-electron chi connectivity index (χ1n) is 9.94. The number of nitrogens with zero attached hydrogens (tertiary/aromatic N) is 2. The van der Waals surface area contributed by atoms with E-state index in [0.29, 0.717) is 42.3 Å². The fourth-order valence-electron chi connectivity index (χ4n) is 4.12. The number of ketones is 1. The summed E-state index contributed by atoms with van der Waals surface area (Å²) >= 11 is 6.08. The van der Waals surface area contributed by atoms with Crippen LogP contribution in [0.1, 0.15) is 35.2 Å². The van der Waals surface area contributed by atoms with Crippen molar-refractivity contribution in [1.82, 2.24) is 4.90 Å². The second kappa shape index (κ2) is 8.19. The number of piperidine rings is 1. The Bertz CT molecular complexity index is 1060. The van der Waals surface area contributed by atoms with Crippen molar-refractivity contribution in [3.8, 4) is 11.5 Å². The van der Waals surface area contributed by atoms with Crippen LogP contribution in [0, 0.1) is 17.0 Å². The molecule has 1 saturated heterocycles. The molecule has 2 heterocycles. The van der Waals surface area contributed by atoms with E-state index in [1.165, 1.54) is 18.2 Å². The fourth-order valence-corrected chi connectivity index (χ4v) is 4.39. The first-order chi connectivity index (χ1) is 14.8. The molecular weight excluding hydrogens is 424 g/mol. The van der Waals surface area contributed by atoms with Gasteiger partial charge in [-0.25, -0.2) is 0 Å². The number of carbonyl (C=O) groups is 2. The highest BCUT2D eigenvalue weighted by Crippen LogP contribution is 2.42. The minimum atomic E-state index is -0.640. The van der Waals surface area contributed by atoms with Crippen molar-refractivity contribution in [2.45, 2.75) is 31.8 Å². The molecule has 1 fully saturated rings. The van der Waals surface area contributed by atoms with Crippen LogP contribution in [-0.4, -0.2) is 46.8 Å². The highest BCUT2D eigenvalue weighted by atomic mass is 35.5. The predicted molar refractivity (Wildman–Crippen MR) is 113 cm³/mol. The van der Waals surface area contributed by atoms with E-state index in [-0.39, 0.29) is 36.2 Å². The minimum Gasteiger partial charge on any atom is -0.486 e. The molecule has 2 aromatic rings. The van der Waals surface area contributed by atoms with Gasteiger partial charge in [-0.05, 0) is 30.7 Å². The van der Waals surface area contributed by atoms with Gasteiger partial charge in [-0.3, -0.25) is 19.7 Å². The minimum absolute atomic E-state index is 0.00801. The third kappa shape index (κ3) is 4.20. The maximum atomic E-state index is 12.7. The summed E-state index contributed by atoms with van der Waals surface area (Å²) < 4.78 is 11.7. The molecule has 2 aliphatic heterocycles. The molecule has 4 rings (SSSR count). The molecular formula is C22H21ClN2O6. The van der Waals surface area contributed by atoms with E-state index >= 15 is 0 Å². The van der Waals surface area contributed by atoms with Gasteiger partial charge in [-0.2, -0.15) is 0 Å². The summed E-state index contributed by atoms with van der Waals surface area (Å²) in [6.07, 6.45) is 1.27. The Morgan fingerprint density at radius 3 is 2.71 bits per heavy atom. The molecule has 9 heteroatoms. The number of hydrogen-bond donors (Lipinski definition) is 0. The predicted octanol–water partition coefficient (Wildman–Crippen LogP) is 3.96. The number of amides is 1. The van der Waals surface area contributed by atoms with Crippen LogP contribution in [0.2, 0.25) is 5.02 Å². The van der Waals surface area contributed by atoms with Gasteiger partial charge in [0.05, 0.1) is 16.9 Å². The zero-order valence-corrected chi connectivity index (χ0v) is 17.7. The SMILES string of the molecule is Cc1cc(Cl)cc2c1OC1(CCN(C(=O)COc3ccccc3[N+](=O)[O-])CC1)CC2=O. The van der Waals surface area contributed by atoms with Crippen molar-refractivity contribution in [2.75, 3.05) is 19.7 Å². The van der Waals surface area contributed by atoms with Gasteiger partial charge < -0.3 is 14.4 Å². The van der Waals surface area contributed by atoms with E-state index in [1.54, 1.807) is 23.1 Å². The van der Waals surface area contributed by atoms with Gasteiger partial charge in [-0.15, -0.1) is 0 Å². The molecule has 0 saturated carbocycles. The van der Waals surface area contributed by atoms with E-state index in [2.05, 4.69) is 0 Å². The molecule has 162 valence electrons. The Labute approximate surface area is 183 Å². The standard InChI is InChI=1S/C22H21ClN2O6/c1-14-10-15(23)11-16-18(26)12-22(31-21(14)16)6-8-24(9-7-22)20(27)13-30-19-5-3-2-4-17(19)25(28)29/h2-5,10-11H,6-9,12-13H2,1H3. The molecule has 1 amide bonds. The van der Waals surface area contributed by atoms with Gasteiger partial charge in [0.15, 0.2) is 18.1 Å². The lowest BCUT2D eigenvalue weighted by Gasteiger charge is -2.44. The maximum Gasteiger partial charge on any atom is 0.310 e. The number of benzene rings is 2. The van der Waals surface area contributed by atoms with Crippen LogP contribution in [0.25, 0.3) is 0 Å². The van der Waals surface area contributed by atoms with E-state index < -0.39 is 10.5 Å². The van der Waals surface area contributed by atoms with Crippen molar-refractivity contribution in [3.05, 3.63) is 62.7 Å². The number of nitro groups is 1. The number of hydrogen-bond acceptors (Lipinski definition) is 6. The van der Waals surface area contributed by atoms with Crippen molar-refractivity contribution in [2.24, 2.45) is 0 Å². The van der Waals surface area contributed by atoms with Gasteiger partial charge >= 0.3 is 5.69 Å². The molecule has 0 aromatic heterocycles. The number of carbonyl (C=O) groups excluding carboxylic acids is 2. The summed E-state index contributed by atoms with van der Waals surface area (Å²) in [5, 5.41) is 11.6. The zero-order valence-electron chi connectivity index (χ0n) is 16.9. The number of para-hydroxylation sites is 2. The highest BCUT2D eigenvalue weighted by molar-refractivity contribution is 6.31. The van der Waals surface area contributed by atoms with Gasteiger partial charge in [0, 0.05) is 37.0 Å². The molecule has 0 N–H and O–H groups in total. The Balaban J connectivity index is 1.39. The van der Waals surface area contributed by atoms with Crippen LogP contribution < -0.4 is 9.47 Å². The lowest BCUT2D eigenvalue weighted by Crippen LogP contribution is -2.53. The van der Waals surface area contributed by atoms with Gasteiger partial charge in [0.25, 0.3) is 5.91 Å². The quantitative estimate of drug-likeness (QED) is 0.522. The maximum absolute atomic E-state index is 12.7. The Hall–Kier alpha value is -3.13. The van der Waals surface area contributed by atoms with E-state index in [4.69, 9.17) is 21.1 Å². The van der Waals surface area contributed by atoms with E-state index in [0.717, 1.165) is 5.56 Å². The number of rotatable bonds is 4. The van der Waals surface area contributed by atoms with Gasteiger partial charge in [0.1, 0.15) is 11.4 Å². The van der Waals surface area contributed by atoms with Crippen LogP contribution in [-0.2, 0) is 4.79 Å². The van der Waals surface area contributed by atoms with Crippen molar-refractivity contribution in [1.29, 1.82) is 0 Å². The number of ether oxygens (including phenoxy) is 2. The monoisotopic (exact) mass is 444 g/mol.